The van der Waals surface area contributed by atoms with Gasteiger partial charge in [-0.3, -0.25) is 0 Å². The molecule has 4 nitrogen and oxygen atoms in total. The van der Waals surface area contributed by atoms with Gasteiger partial charge in [-0.05, 0) is 37.1 Å². The highest BCUT2D eigenvalue weighted by Crippen LogP contribution is 2.36. The van der Waals surface area contributed by atoms with E-state index < -0.39 is 11.7 Å². The molecule has 0 amide bonds. The van der Waals surface area contributed by atoms with Gasteiger partial charge in [0, 0.05) is 25.0 Å². The van der Waals surface area contributed by atoms with E-state index in [0.717, 1.165) is 32.0 Å². The maximum atomic E-state index is 13.0. The van der Waals surface area contributed by atoms with E-state index in [1.54, 1.807) is 12.3 Å². The number of nitrogens with one attached hydrogen (secondary N) is 1. The Bertz CT molecular complexity index is 728. The zero-order valence-electron chi connectivity index (χ0n) is 13.5. The molecule has 2 heterocycles. The zero-order valence-corrected chi connectivity index (χ0v) is 14.2. The van der Waals surface area contributed by atoms with Crippen LogP contribution in [0.2, 0.25) is 5.02 Å². The number of rotatable bonds is 3. The Labute approximate surface area is 149 Å². The van der Waals surface area contributed by atoms with E-state index in [9.17, 15) is 13.2 Å². The molecule has 8 heteroatoms. The summed E-state index contributed by atoms with van der Waals surface area (Å²) in [7, 11) is 0. The van der Waals surface area contributed by atoms with Crippen LogP contribution in [-0.2, 0) is 6.18 Å². The zero-order chi connectivity index (χ0) is 17.9. The molecule has 1 fully saturated rings. The second-order valence-corrected chi connectivity index (χ2v) is 6.37. The van der Waals surface area contributed by atoms with E-state index in [4.69, 9.17) is 11.6 Å². The lowest BCUT2D eigenvalue weighted by Crippen LogP contribution is -2.26. The van der Waals surface area contributed by atoms with Gasteiger partial charge in [-0.25, -0.2) is 4.98 Å². The van der Waals surface area contributed by atoms with Gasteiger partial charge >= 0.3 is 6.18 Å². The Morgan fingerprint density at radius 1 is 1.04 bits per heavy atom. The molecule has 1 aliphatic heterocycles. The van der Waals surface area contributed by atoms with Crippen molar-refractivity contribution >= 4 is 29.1 Å². The monoisotopic (exact) mass is 370 g/mol. The van der Waals surface area contributed by atoms with Crippen molar-refractivity contribution < 1.29 is 13.2 Å². The summed E-state index contributed by atoms with van der Waals surface area (Å²) in [5, 5.41) is 2.57. The van der Waals surface area contributed by atoms with Gasteiger partial charge in [0.15, 0.2) is 0 Å². The number of hydrogen-bond acceptors (Lipinski definition) is 4. The lowest BCUT2D eigenvalue weighted by atomic mass is 10.2. The largest absolute Gasteiger partial charge is 0.417 e. The van der Waals surface area contributed by atoms with Crippen LogP contribution in [-0.4, -0.2) is 23.1 Å². The third kappa shape index (κ3) is 4.54. The molecule has 0 saturated carbocycles. The second-order valence-electron chi connectivity index (χ2n) is 5.96. The predicted molar refractivity (Wildman–Crippen MR) is 92.4 cm³/mol. The topological polar surface area (TPSA) is 41.1 Å². The molecule has 2 aromatic rings. The van der Waals surface area contributed by atoms with Crippen LogP contribution in [0, 0.1) is 0 Å². The van der Waals surface area contributed by atoms with Gasteiger partial charge in [-0.15, -0.1) is 0 Å². The molecule has 0 atom stereocenters. The minimum Gasteiger partial charge on any atom is -0.341 e. The van der Waals surface area contributed by atoms with E-state index in [-0.39, 0.29) is 10.7 Å². The van der Waals surface area contributed by atoms with Crippen molar-refractivity contribution in [2.75, 3.05) is 23.3 Å². The molecule has 1 aromatic heterocycles. The molecule has 1 aliphatic rings. The highest BCUT2D eigenvalue weighted by atomic mass is 35.5. The number of hydrogen-bond donors (Lipinski definition) is 1. The number of aromatic nitrogens is 2. The molecular weight excluding hydrogens is 353 g/mol. The van der Waals surface area contributed by atoms with Gasteiger partial charge in [0.1, 0.15) is 5.82 Å². The van der Waals surface area contributed by atoms with Crippen molar-refractivity contribution in [3.63, 3.8) is 0 Å². The summed E-state index contributed by atoms with van der Waals surface area (Å²) < 4.78 is 38.9. The molecular formula is C17H18ClF3N4. The van der Waals surface area contributed by atoms with Gasteiger partial charge in [0.2, 0.25) is 5.95 Å². The summed E-state index contributed by atoms with van der Waals surface area (Å²) in [6, 6.07) is 5.33. The smallest absolute Gasteiger partial charge is 0.341 e. The summed E-state index contributed by atoms with van der Waals surface area (Å²) in [5.41, 5.74) is -0.599. The van der Waals surface area contributed by atoms with Crippen LogP contribution in [0.3, 0.4) is 0 Å². The average molecular weight is 371 g/mol. The van der Waals surface area contributed by atoms with E-state index in [2.05, 4.69) is 20.2 Å². The molecule has 0 aliphatic carbocycles. The average Bonchev–Trinajstić information content (AvgIpc) is 2.85. The molecule has 134 valence electrons. The predicted octanol–water partition coefficient (Wildman–Crippen LogP) is 5.27. The molecule has 0 radical (unpaired) electrons. The van der Waals surface area contributed by atoms with Gasteiger partial charge in [0.05, 0.1) is 10.6 Å². The normalized spacial score (nSPS) is 15.8. The molecule has 0 bridgehead atoms. The SMILES string of the molecule is FC(F)(F)c1cc(Nc2ccnc(N3CCCCCC3)n2)ccc1Cl. The summed E-state index contributed by atoms with van der Waals surface area (Å²) >= 11 is 5.65. The first kappa shape index (κ1) is 17.8. The van der Waals surface area contributed by atoms with Crippen LogP contribution in [0.5, 0.6) is 0 Å². The highest BCUT2D eigenvalue weighted by Gasteiger charge is 2.33. The van der Waals surface area contributed by atoms with Crippen molar-refractivity contribution in [2.45, 2.75) is 31.9 Å². The third-order valence-corrected chi connectivity index (χ3v) is 4.41. The Morgan fingerprint density at radius 3 is 2.44 bits per heavy atom. The van der Waals surface area contributed by atoms with E-state index >= 15 is 0 Å². The Morgan fingerprint density at radius 2 is 1.76 bits per heavy atom. The standard InChI is InChI=1S/C17H18ClF3N4/c18-14-6-5-12(11-13(14)17(19,20)21)23-15-7-8-22-16(24-15)25-9-3-1-2-4-10-25/h5-8,11H,1-4,9-10H2,(H,22,23,24). The second kappa shape index (κ2) is 7.47. The van der Waals surface area contributed by atoms with Crippen molar-refractivity contribution in [2.24, 2.45) is 0 Å². The summed E-state index contributed by atoms with van der Waals surface area (Å²) in [6.45, 7) is 1.78. The number of halogens is 4. The molecule has 25 heavy (non-hydrogen) atoms. The van der Waals surface area contributed by atoms with Gasteiger partial charge in [-0.2, -0.15) is 18.2 Å². The number of alkyl halides is 3. The fourth-order valence-electron chi connectivity index (χ4n) is 2.81. The molecule has 0 unspecified atom stereocenters. The molecule has 1 N–H and O–H groups in total. The van der Waals surface area contributed by atoms with Crippen molar-refractivity contribution in [3.8, 4) is 0 Å². The number of benzene rings is 1. The fraction of sp³-hybridized carbons (Fsp3) is 0.412. The molecule has 0 spiro atoms. The summed E-state index contributed by atoms with van der Waals surface area (Å²) in [6.07, 6.45) is 1.67. The maximum Gasteiger partial charge on any atom is 0.417 e. The Hall–Kier alpha value is -2.02. The van der Waals surface area contributed by atoms with E-state index in [1.165, 1.54) is 25.0 Å². The first-order valence-electron chi connectivity index (χ1n) is 8.15. The Balaban J connectivity index is 1.80. The van der Waals surface area contributed by atoms with E-state index in [0.29, 0.717) is 11.8 Å². The lowest BCUT2D eigenvalue weighted by molar-refractivity contribution is -0.137. The maximum absolute atomic E-state index is 13.0. The van der Waals surface area contributed by atoms with E-state index in [1.807, 2.05) is 0 Å². The minimum absolute atomic E-state index is 0.275. The van der Waals surface area contributed by atoms with Crippen LogP contribution >= 0.6 is 11.6 Å². The molecule has 1 aromatic carbocycles. The van der Waals surface area contributed by atoms with Gasteiger partial charge in [0.25, 0.3) is 0 Å². The van der Waals surface area contributed by atoms with Crippen molar-refractivity contribution in [3.05, 3.63) is 41.0 Å². The van der Waals surface area contributed by atoms with Crippen molar-refractivity contribution in [1.82, 2.24) is 9.97 Å². The van der Waals surface area contributed by atoms with Crippen LogP contribution in [0.4, 0.5) is 30.6 Å². The van der Waals surface area contributed by atoms with Crippen LogP contribution in [0.25, 0.3) is 0 Å². The molecule has 1 saturated heterocycles. The quantitative estimate of drug-likeness (QED) is 0.798. The minimum atomic E-state index is -4.50. The Kier molecular flexibility index (Phi) is 5.32. The van der Waals surface area contributed by atoms with Crippen molar-refractivity contribution in [1.29, 1.82) is 0 Å². The van der Waals surface area contributed by atoms with Crippen LogP contribution in [0.15, 0.2) is 30.5 Å². The molecule has 3 rings (SSSR count). The first-order chi connectivity index (χ1) is 11.9. The van der Waals surface area contributed by atoms with Crippen LogP contribution < -0.4 is 10.2 Å². The first-order valence-corrected chi connectivity index (χ1v) is 8.53. The third-order valence-electron chi connectivity index (χ3n) is 4.08. The summed E-state index contributed by atoms with van der Waals surface area (Å²) in [5.74, 6) is 1.04. The fourth-order valence-corrected chi connectivity index (χ4v) is 3.03. The lowest BCUT2D eigenvalue weighted by Gasteiger charge is -2.20. The van der Waals surface area contributed by atoms with Gasteiger partial charge < -0.3 is 10.2 Å². The number of nitrogens with zero attached hydrogens (tertiary/aromatic N) is 3. The number of anilines is 3. The summed E-state index contributed by atoms with van der Waals surface area (Å²) in [4.78, 5) is 10.8. The van der Waals surface area contributed by atoms with Crippen LogP contribution in [0.1, 0.15) is 31.2 Å². The highest BCUT2D eigenvalue weighted by molar-refractivity contribution is 6.31. The van der Waals surface area contributed by atoms with Gasteiger partial charge in [-0.1, -0.05) is 24.4 Å².